The molecule has 4 atom stereocenters. The minimum absolute atomic E-state index is 0.169. The number of halogens is 3. The van der Waals surface area contributed by atoms with Gasteiger partial charge in [-0.25, -0.2) is 0 Å². The zero-order valence-electron chi connectivity index (χ0n) is 21.7. The maximum atomic E-state index is 13.6. The summed E-state index contributed by atoms with van der Waals surface area (Å²) in [4.78, 5) is 12.2. The lowest BCUT2D eigenvalue weighted by Gasteiger charge is -2.36. The highest BCUT2D eigenvalue weighted by atomic mass is 32.2. The molecule has 41 heavy (non-hydrogen) atoms. The lowest BCUT2D eigenvalue weighted by Crippen LogP contribution is -2.54. The smallest absolute Gasteiger partial charge is 0.383 e. The maximum Gasteiger partial charge on any atom is 0.417 e. The number of carbonyl (C=O) groups excluding carboxylic acids is 1. The van der Waals surface area contributed by atoms with Crippen molar-refractivity contribution in [3.8, 4) is 0 Å². The largest absolute Gasteiger partial charge is 0.417 e. The lowest BCUT2D eigenvalue weighted by molar-refractivity contribution is -0.155. The maximum absolute atomic E-state index is 13.6. The molecule has 2 heterocycles. The van der Waals surface area contributed by atoms with Crippen LogP contribution in [0.15, 0.2) is 82.7 Å². The van der Waals surface area contributed by atoms with Crippen LogP contribution in [0.1, 0.15) is 24.5 Å². The van der Waals surface area contributed by atoms with Gasteiger partial charge >= 0.3 is 6.18 Å². The molecule has 2 aliphatic rings. The molecule has 2 aromatic rings. The molecule has 0 saturated carbocycles. The van der Waals surface area contributed by atoms with Crippen LogP contribution >= 0.6 is 0 Å². The predicted octanol–water partition coefficient (Wildman–Crippen LogP) is 3.27. The van der Waals surface area contributed by atoms with Crippen LogP contribution < -0.4 is 0 Å². The standard InChI is InChI=1S/C26H26F3NO9S2/c1-16-12-13-30(22(31)14-16)24-25(3,32)23(39-41(35,36)21-11-7-5-9-18(21)26(27,28)29)19(38-24)15-37-40(33,34)20-10-6-4-8-17(20)2/h4-13,19,23-24,32H,1,14-15H2,2-3H3/t19-,23-,24-,25+/m1/s1. The van der Waals surface area contributed by atoms with Crippen LogP contribution in [0.2, 0.25) is 0 Å². The Balaban J connectivity index is 1.72. The molecule has 2 aromatic carbocycles. The second kappa shape index (κ2) is 11.0. The number of rotatable bonds is 8. The minimum atomic E-state index is -5.25. The highest BCUT2D eigenvalue weighted by Gasteiger charge is 2.59. The fourth-order valence-electron chi connectivity index (χ4n) is 4.51. The van der Waals surface area contributed by atoms with Gasteiger partial charge in [0.15, 0.2) is 6.23 Å². The first kappa shape index (κ1) is 30.9. The average molecular weight is 618 g/mol. The number of carbonyl (C=O) groups is 1. The van der Waals surface area contributed by atoms with Crippen molar-refractivity contribution in [1.82, 2.24) is 4.90 Å². The Hall–Kier alpha value is -3.08. The summed E-state index contributed by atoms with van der Waals surface area (Å²) in [5.74, 6) is -0.596. The topological polar surface area (TPSA) is 137 Å². The number of hydrogen-bond donors (Lipinski definition) is 1. The van der Waals surface area contributed by atoms with Gasteiger partial charge in [-0.05, 0) is 49.3 Å². The zero-order valence-corrected chi connectivity index (χ0v) is 23.4. The van der Waals surface area contributed by atoms with Gasteiger partial charge in [0.2, 0.25) is 5.91 Å². The van der Waals surface area contributed by atoms with Crippen molar-refractivity contribution < 1.29 is 53.0 Å². The molecule has 0 aliphatic carbocycles. The van der Waals surface area contributed by atoms with Crippen LogP contribution in [0.3, 0.4) is 0 Å². The highest BCUT2D eigenvalue weighted by molar-refractivity contribution is 7.87. The Morgan fingerprint density at radius 3 is 2.29 bits per heavy atom. The first-order valence-electron chi connectivity index (χ1n) is 12.0. The summed E-state index contributed by atoms with van der Waals surface area (Å²) in [6.07, 6.45) is -7.90. The minimum Gasteiger partial charge on any atom is -0.383 e. The number of ether oxygens (including phenoxy) is 1. The van der Waals surface area contributed by atoms with Crippen LogP contribution in [0, 0.1) is 6.92 Å². The summed E-state index contributed by atoms with van der Waals surface area (Å²) in [6.45, 7) is 5.33. The fourth-order valence-corrected chi connectivity index (χ4v) is 7.05. The van der Waals surface area contributed by atoms with Gasteiger partial charge in [-0.1, -0.05) is 36.9 Å². The molecule has 1 N–H and O–H groups in total. The molecule has 10 nitrogen and oxygen atoms in total. The third kappa shape index (κ3) is 6.24. The van der Waals surface area contributed by atoms with E-state index in [4.69, 9.17) is 13.1 Å². The molecule has 222 valence electrons. The quantitative estimate of drug-likeness (QED) is 0.443. The van der Waals surface area contributed by atoms with Gasteiger partial charge in [0.1, 0.15) is 22.7 Å². The van der Waals surface area contributed by atoms with Gasteiger partial charge in [0, 0.05) is 6.20 Å². The Morgan fingerprint density at radius 2 is 1.68 bits per heavy atom. The molecule has 0 aromatic heterocycles. The molecule has 1 fully saturated rings. The van der Waals surface area contributed by atoms with E-state index in [0.29, 0.717) is 23.3 Å². The predicted molar refractivity (Wildman–Crippen MR) is 137 cm³/mol. The summed E-state index contributed by atoms with van der Waals surface area (Å²) in [7, 11) is -9.69. The van der Waals surface area contributed by atoms with Gasteiger partial charge in [-0.15, -0.1) is 0 Å². The summed E-state index contributed by atoms with van der Waals surface area (Å²) >= 11 is 0. The zero-order chi connectivity index (χ0) is 30.4. The average Bonchev–Trinajstić information content (AvgIpc) is 3.11. The van der Waals surface area contributed by atoms with Crippen LogP contribution in [0.5, 0.6) is 0 Å². The number of aliphatic hydroxyl groups is 1. The monoisotopic (exact) mass is 617 g/mol. The summed E-state index contributed by atoms with van der Waals surface area (Å²) in [6, 6.07) is 9.10. The molecular formula is C26H26F3NO9S2. The molecule has 1 amide bonds. The third-order valence-corrected chi connectivity index (χ3v) is 9.35. The molecule has 0 spiro atoms. The van der Waals surface area contributed by atoms with Crippen molar-refractivity contribution in [3.05, 3.63) is 84.1 Å². The number of allylic oxidation sites excluding steroid dienone is 1. The van der Waals surface area contributed by atoms with Crippen molar-refractivity contribution in [2.75, 3.05) is 6.61 Å². The van der Waals surface area contributed by atoms with Gasteiger partial charge in [0.25, 0.3) is 20.2 Å². The van der Waals surface area contributed by atoms with E-state index in [1.807, 2.05) is 0 Å². The van der Waals surface area contributed by atoms with Crippen molar-refractivity contribution in [2.24, 2.45) is 0 Å². The molecule has 1 saturated heterocycles. The number of hydrogen-bond acceptors (Lipinski definition) is 9. The van der Waals surface area contributed by atoms with E-state index in [2.05, 4.69) is 6.58 Å². The van der Waals surface area contributed by atoms with Crippen LogP contribution in [-0.4, -0.2) is 63.4 Å². The number of aryl methyl sites for hydroxylation is 1. The van der Waals surface area contributed by atoms with Crippen molar-refractivity contribution in [1.29, 1.82) is 0 Å². The number of alkyl halides is 3. The van der Waals surface area contributed by atoms with Crippen molar-refractivity contribution >= 4 is 26.1 Å². The molecule has 0 bridgehead atoms. The fraction of sp³-hybridized carbons (Fsp3) is 0.346. The Bertz CT molecular complexity index is 1600. The van der Waals surface area contributed by atoms with E-state index in [9.17, 15) is 39.9 Å². The normalized spacial score (nSPS) is 25.6. The summed E-state index contributed by atoms with van der Waals surface area (Å²) in [5.41, 5.74) is -3.13. The van der Waals surface area contributed by atoms with Gasteiger partial charge in [-0.2, -0.15) is 30.0 Å². The highest BCUT2D eigenvalue weighted by Crippen LogP contribution is 2.41. The second-order valence-corrected chi connectivity index (χ2v) is 12.8. The van der Waals surface area contributed by atoms with Crippen LogP contribution in [-0.2, 0) is 44.3 Å². The van der Waals surface area contributed by atoms with E-state index in [1.165, 1.54) is 37.4 Å². The Morgan fingerprint density at radius 1 is 1.07 bits per heavy atom. The second-order valence-electron chi connectivity index (χ2n) is 9.67. The summed E-state index contributed by atoms with van der Waals surface area (Å²) in [5, 5.41) is 11.5. The van der Waals surface area contributed by atoms with Gasteiger partial charge in [-0.3, -0.25) is 18.1 Å². The number of benzene rings is 2. The van der Waals surface area contributed by atoms with Crippen LogP contribution in [0.4, 0.5) is 13.2 Å². The molecule has 0 unspecified atom stereocenters. The van der Waals surface area contributed by atoms with Crippen LogP contribution in [0.25, 0.3) is 0 Å². The number of nitrogens with zero attached hydrogens (tertiary/aromatic N) is 1. The Labute approximate surface area is 234 Å². The molecule has 0 radical (unpaired) electrons. The van der Waals surface area contributed by atoms with E-state index in [1.54, 1.807) is 6.07 Å². The molecule has 2 aliphatic heterocycles. The third-order valence-electron chi connectivity index (χ3n) is 6.55. The first-order valence-corrected chi connectivity index (χ1v) is 14.9. The Kier molecular flexibility index (Phi) is 8.25. The van der Waals surface area contributed by atoms with E-state index < -0.39 is 73.4 Å². The molecular weight excluding hydrogens is 591 g/mol. The first-order chi connectivity index (χ1) is 18.9. The van der Waals surface area contributed by atoms with E-state index in [-0.39, 0.29) is 11.3 Å². The molecule has 4 rings (SSSR count). The van der Waals surface area contributed by atoms with Crippen molar-refractivity contribution in [3.63, 3.8) is 0 Å². The van der Waals surface area contributed by atoms with Gasteiger partial charge in [0.05, 0.1) is 23.5 Å². The summed E-state index contributed by atoms with van der Waals surface area (Å²) < 4.78 is 109. The van der Waals surface area contributed by atoms with Crippen molar-refractivity contribution in [2.45, 2.75) is 60.3 Å². The van der Waals surface area contributed by atoms with Gasteiger partial charge < -0.3 is 9.84 Å². The number of amides is 1. The lowest BCUT2D eigenvalue weighted by atomic mass is 9.95. The van der Waals surface area contributed by atoms with E-state index >= 15 is 0 Å². The van der Waals surface area contributed by atoms with E-state index in [0.717, 1.165) is 24.0 Å². The molecule has 15 heteroatoms. The SMILES string of the molecule is C=C1C=CN([C@@H]2O[C@H](COS(=O)(=O)c3ccccc3C)[C@@H](OS(=O)(=O)c3ccccc3C(F)(F)F)[C@]2(C)O)C(=O)C1.